The SMILES string of the molecule is CC[C@H](C(=O)NC)N(Cc1ccccc1Cl)C(=O)CN(c1ccc(OCc2ccccc2)cc1)S(C)(=O)=O. The van der Waals surface area contributed by atoms with E-state index in [9.17, 15) is 18.0 Å². The van der Waals surface area contributed by atoms with Crippen molar-refractivity contribution < 1.29 is 22.7 Å². The molecule has 10 heteroatoms. The van der Waals surface area contributed by atoms with Gasteiger partial charge in [-0.25, -0.2) is 8.42 Å². The molecule has 0 aromatic heterocycles. The summed E-state index contributed by atoms with van der Waals surface area (Å²) >= 11 is 6.33. The van der Waals surface area contributed by atoms with Gasteiger partial charge in [-0.1, -0.05) is 67.1 Å². The lowest BCUT2D eigenvalue weighted by Gasteiger charge is -2.32. The Morgan fingerprint density at radius 3 is 2.18 bits per heavy atom. The van der Waals surface area contributed by atoms with Crippen molar-refractivity contribution in [1.82, 2.24) is 10.2 Å². The first-order chi connectivity index (χ1) is 18.1. The predicted octanol–water partition coefficient (Wildman–Crippen LogP) is 4.24. The van der Waals surface area contributed by atoms with Crippen LogP contribution in [0.15, 0.2) is 78.9 Å². The summed E-state index contributed by atoms with van der Waals surface area (Å²) < 4.78 is 32.3. The van der Waals surface area contributed by atoms with E-state index < -0.39 is 28.5 Å². The average Bonchev–Trinajstić information content (AvgIpc) is 2.91. The van der Waals surface area contributed by atoms with E-state index in [0.717, 1.165) is 16.1 Å². The third kappa shape index (κ3) is 7.72. The standard InChI is InChI=1S/C28H32ClN3O5S/c1-4-26(28(34)30-2)31(18-22-12-8-9-13-25(22)29)27(33)19-32(38(3,35)36)23-14-16-24(17-15-23)37-20-21-10-6-5-7-11-21/h5-17,26H,4,18-20H2,1-3H3,(H,30,34)/t26-/m1/s1. The van der Waals surface area contributed by atoms with Crippen LogP contribution in [0.25, 0.3) is 0 Å². The van der Waals surface area contributed by atoms with Gasteiger partial charge in [0.2, 0.25) is 21.8 Å². The normalized spacial score (nSPS) is 11.9. The lowest BCUT2D eigenvalue weighted by Crippen LogP contribution is -2.51. The van der Waals surface area contributed by atoms with E-state index in [0.29, 0.717) is 35.1 Å². The molecular weight excluding hydrogens is 526 g/mol. The minimum absolute atomic E-state index is 0.0499. The van der Waals surface area contributed by atoms with E-state index in [1.54, 1.807) is 55.5 Å². The summed E-state index contributed by atoms with van der Waals surface area (Å²) in [4.78, 5) is 27.6. The molecule has 2 amide bonds. The molecule has 0 bridgehead atoms. The average molecular weight is 558 g/mol. The number of carbonyl (C=O) groups is 2. The Balaban J connectivity index is 1.84. The molecule has 202 valence electrons. The second-order valence-corrected chi connectivity index (χ2v) is 11.0. The molecule has 3 aromatic carbocycles. The van der Waals surface area contributed by atoms with Crippen LogP contribution in [0.5, 0.6) is 5.75 Å². The van der Waals surface area contributed by atoms with Gasteiger partial charge in [-0.2, -0.15) is 0 Å². The third-order valence-corrected chi connectivity index (χ3v) is 7.49. The van der Waals surface area contributed by atoms with Gasteiger partial charge in [-0.3, -0.25) is 13.9 Å². The molecule has 8 nitrogen and oxygen atoms in total. The molecule has 0 radical (unpaired) electrons. The zero-order chi connectivity index (χ0) is 27.7. The number of anilines is 1. The van der Waals surface area contributed by atoms with Crippen LogP contribution in [0.1, 0.15) is 24.5 Å². The number of nitrogens with zero attached hydrogens (tertiary/aromatic N) is 2. The molecule has 3 rings (SSSR count). The molecule has 0 saturated heterocycles. The molecule has 3 aromatic rings. The third-order valence-electron chi connectivity index (χ3n) is 5.98. The Bertz CT molecular complexity index is 1330. The van der Waals surface area contributed by atoms with Crippen LogP contribution in [0.4, 0.5) is 5.69 Å². The highest BCUT2D eigenvalue weighted by Crippen LogP contribution is 2.24. The Kier molecular flexibility index (Phi) is 10.2. The highest BCUT2D eigenvalue weighted by Gasteiger charge is 2.31. The Morgan fingerprint density at radius 2 is 1.61 bits per heavy atom. The maximum absolute atomic E-state index is 13.6. The largest absolute Gasteiger partial charge is 0.489 e. The molecule has 0 unspecified atom stereocenters. The molecular formula is C28H32ClN3O5S. The molecule has 0 fully saturated rings. The fourth-order valence-corrected chi connectivity index (χ4v) is 5.00. The number of carbonyl (C=O) groups excluding carboxylic acids is 2. The van der Waals surface area contributed by atoms with Crippen molar-refractivity contribution in [2.45, 2.75) is 32.5 Å². The van der Waals surface area contributed by atoms with Crippen LogP contribution in [0.2, 0.25) is 5.02 Å². The van der Waals surface area contributed by atoms with Gasteiger partial charge in [0.15, 0.2) is 0 Å². The van der Waals surface area contributed by atoms with Gasteiger partial charge in [0.05, 0.1) is 11.9 Å². The van der Waals surface area contributed by atoms with Crippen molar-refractivity contribution >= 4 is 39.1 Å². The Morgan fingerprint density at radius 1 is 0.974 bits per heavy atom. The van der Waals surface area contributed by atoms with Crippen LogP contribution < -0.4 is 14.4 Å². The molecule has 1 atom stereocenters. The molecule has 0 spiro atoms. The lowest BCUT2D eigenvalue weighted by molar-refractivity contribution is -0.140. The number of rotatable bonds is 12. The predicted molar refractivity (Wildman–Crippen MR) is 150 cm³/mol. The minimum Gasteiger partial charge on any atom is -0.489 e. The summed E-state index contributed by atoms with van der Waals surface area (Å²) in [6.07, 6.45) is 1.37. The summed E-state index contributed by atoms with van der Waals surface area (Å²) in [6.45, 7) is 1.72. The second kappa shape index (κ2) is 13.3. The van der Waals surface area contributed by atoms with Crippen LogP contribution in [-0.4, -0.2) is 51.0 Å². The van der Waals surface area contributed by atoms with Crippen LogP contribution >= 0.6 is 11.6 Å². The van der Waals surface area contributed by atoms with E-state index >= 15 is 0 Å². The minimum atomic E-state index is -3.84. The molecule has 0 aliphatic carbocycles. The number of halogens is 1. The maximum Gasteiger partial charge on any atom is 0.244 e. The molecule has 38 heavy (non-hydrogen) atoms. The Labute approximate surface area is 229 Å². The van der Waals surface area contributed by atoms with Crippen molar-refractivity contribution in [2.24, 2.45) is 0 Å². The molecule has 0 heterocycles. The summed E-state index contributed by atoms with van der Waals surface area (Å²) in [5.41, 5.74) is 1.95. The topological polar surface area (TPSA) is 96.0 Å². The van der Waals surface area contributed by atoms with Crippen molar-refractivity contribution in [3.63, 3.8) is 0 Å². The van der Waals surface area contributed by atoms with Gasteiger partial charge in [-0.05, 0) is 47.9 Å². The van der Waals surface area contributed by atoms with Crippen molar-refractivity contribution in [3.05, 3.63) is 95.0 Å². The zero-order valence-corrected chi connectivity index (χ0v) is 23.2. The second-order valence-electron chi connectivity index (χ2n) is 8.69. The summed E-state index contributed by atoms with van der Waals surface area (Å²) in [7, 11) is -2.34. The van der Waals surface area contributed by atoms with E-state index in [1.165, 1.54) is 11.9 Å². The van der Waals surface area contributed by atoms with Gasteiger partial charge in [0.25, 0.3) is 0 Å². The first-order valence-electron chi connectivity index (χ1n) is 12.1. The highest BCUT2D eigenvalue weighted by atomic mass is 35.5. The first kappa shape index (κ1) is 29.0. The fourth-order valence-electron chi connectivity index (χ4n) is 3.96. The van der Waals surface area contributed by atoms with Crippen molar-refractivity contribution in [2.75, 3.05) is 24.2 Å². The van der Waals surface area contributed by atoms with Gasteiger partial charge in [0, 0.05) is 18.6 Å². The lowest BCUT2D eigenvalue weighted by atomic mass is 10.1. The maximum atomic E-state index is 13.6. The fraction of sp³-hybridized carbons (Fsp3) is 0.286. The number of hydrogen-bond acceptors (Lipinski definition) is 5. The van der Waals surface area contributed by atoms with E-state index in [2.05, 4.69) is 5.32 Å². The number of ether oxygens (including phenoxy) is 1. The van der Waals surface area contributed by atoms with Crippen LogP contribution in [0, 0.1) is 0 Å². The first-order valence-corrected chi connectivity index (χ1v) is 14.4. The molecule has 0 saturated carbocycles. The summed E-state index contributed by atoms with van der Waals surface area (Å²) in [5, 5.41) is 3.03. The van der Waals surface area contributed by atoms with Crippen LogP contribution in [-0.2, 0) is 32.8 Å². The summed E-state index contributed by atoms with van der Waals surface area (Å²) in [5.74, 6) is -0.322. The number of amides is 2. The van der Waals surface area contributed by atoms with E-state index in [-0.39, 0.29) is 12.5 Å². The number of sulfonamides is 1. The summed E-state index contributed by atoms with van der Waals surface area (Å²) in [6, 6.07) is 22.4. The molecule has 1 N–H and O–H groups in total. The number of hydrogen-bond donors (Lipinski definition) is 1. The van der Waals surface area contributed by atoms with Crippen molar-refractivity contribution in [1.29, 1.82) is 0 Å². The van der Waals surface area contributed by atoms with Crippen molar-refractivity contribution in [3.8, 4) is 5.75 Å². The van der Waals surface area contributed by atoms with Gasteiger partial charge < -0.3 is 15.0 Å². The Hall–Kier alpha value is -3.56. The van der Waals surface area contributed by atoms with Gasteiger partial charge in [0.1, 0.15) is 24.9 Å². The van der Waals surface area contributed by atoms with E-state index in [1.807, 2.05) is 30.3 Å². The van der Waals surface area contributed by atoms with Crippen LogP contribution in [0.3, 0.4) is 0 Å². The van der Waals surface area contributed by atoms with Gasteiger partial charge >= 0.3 is 0 Å². The number of likely N-dealkylation sites (N-methyl/N-ethyl adjacent to an activating group) is 1. The quantitative estimate of drug-likeness (QED) is 0.359. The molecule has 0 aliphatic heterocycles. The zero-order valence-electron chi connectivity index (χ0n) is 21.6. The monoisotopic (exact) mass is 557 g/mol. The molecule has 0 aliphatic rings. The number of benzene rings is 3. The van der Waals surface area contributed by atoms with Gasteiger partial charge in [-0.15, -0.1) is 0 Å². The smallest absolute Gasteiger partial charge is 0.244 e. The number of nitrogens with one attached hydrogen (secondary N) is 1. The van der Waals surface area contributed by atoms with E-state index in [4.69, 9.17) is 16.3 Å². The highest BCUT2D eigenvalue weighted by molar-refractivity contribution is 7.92.